The van der Waals surface area contributed by atoms with Gasteiger partial charge in [-0.3, -0.25) is 0 Å². The van der Waals surface area contributed by atoms with Gasteiger partial charge in [0.2, 0.25) is 5.75 Å². The zero-order valence-corrected chi connectivity index (χ0v) is 20.3. The maximum atomic E-state index is 6.80. The molecule has 0 amide bonds. The molecule has 6 rings (SSSR count). The molecule has 0 saturated carbocycles. The first-order valence-corrected chi connectivity index (χ1v) is 11.9. The number of aromatic nitrogens is 1. The summed E-state index contributed by atoms with van der Waals surface area (Å²) < 4.78 is 9.05. The second-order valence-electron chi connectivity index (χ2n) is 10.3. The van der Waals surface area contributed by atoms with Gasteiger partial charge >= 0.3 is 0 Å². The van der Waals surface area contributed by atoms with Crippen LogP contribution in [0.4, 0.5) is 0 Å². The van der Waals surface area contributed by atoms with E-state index in [1.165, 1.54) is 65.8 Å². The molecule has 5 aromatic rings. The molecule has 1 aliphatic heterocycles. The largest absolute Gasteiger partial charge is 0.449 e. The van der Waals surface area contributed by atoms with Gasteiger partial charge in [-0.05, 0) is 83.7 Å². The Labute approximate surface area is 195 Å². The molecule has 2 heterocycles. The van der Waals surface area contributed by atoms with Gasteiger partial charge < -0.3 is 4.74 Å². The summed E-state index contributed by atoms with van der Waals surface area (Å²) in [7, 11) is 2.14. The summed E-state index contributed by atoms with van der Waals surface area (Å²) in [5.41, 5.74) is 7.74. The predicted octanol–water partition coefficient (Wildman–Crippen LogP) is 7.87. The van der Waals surface area contributed by atoms with E-state index < -0.39 is 0 Å². The van der Waals surface area contributed by atoms with Gasteiger partial charge in [-0.15, -0.1) is 0 Å². The topological polar surface area (TPSA) is 13.1 Å². The van der Waals surface area contributed by atoms with E-state index in [1.807, 2.05) is 0 Å². The van der Waals surface area contributed by atoms with Crippen molar-refractivity contribution >= 4 is 32.3 Å². The van der Waals surface area contributed by atoms with Crippen LogP contribution in [0.3, 0.4) is 0 Å². The molecule has 2 heteroatoms. The standard InChI is InChI=1S/C31H30NO/c1-17(2)11-21-7-10-25-22(15-21)8-9-23-16-32(6)30-27-20(5)19(4)14-24-12-18(3)13-26(29(24)27)33-31(30)28(23)25/h7-10,12-17H,11H2,1-6H3/q+1. The molecule has 0 atom stereocenters. The number of rotatable bonds is 2. The van der Waals surface area contributed by atoms with Crippen LogP contribution in [0.2, 0.25) is 0 Å². The summed E-state index contributed by atoms with van der Waals surface area (Å²) in [5, 5.41) is 7.43. The second kappa shape index (κ2) is 7.05. The molecular weight excluding hydrogens is 402 g/mol. The molecule has 33 heavy (non-hydrogen) atoms. The summed E-state index contributed by atoms with van der Waals surface area (Å²) >= 11 is 0. The fourth-order valence-electron chi connectivity index (χ4n) is 5.67. The van der Waals surface area contributed by atoms with Crippen molar-refractivity contribution in [3.05, 3.63) is 77.0 Å². The molecule has 4 aromatic carbocycles. The van der Waals surface area contributed by atoms with Crippen LogP contribution in [0.5, 0.6) is 11.5 Å². The zero-order chi connectivity index (χ0) is 23.0. The Hall–Kier alpha value is -3.39. The predicted molar refractivity (Wildman–Crippen MR) is 138 cm³/mol. The van der Waals surface area contributed by atoms with Crippen LogP contribution in [0.15, 0.2) is 54.7 Å². The van der Waals surface area contributed by atoms with E-state index in [4.69, 9.17) is 4.74 Å². The number of pyridine rings is 1. The van der Waals surface area contributed by atoms with Crippen LogP contribution in [-0.2, 0) is 13.5 Å². The van der Waals surface area contributed by atoms with Crippen molar-refractivity contribution in [2.45, 2.75) is 41.0 Å². The van der Waals surface area contributed by atoms with Crippen LogP contribution in [0, 0.1) is 26.7 Å². The number of hydrogen-bond acceptors (Lipinski definition) is 1. The quantitative estimate of drug-likeness (QED) is 0.200. The Morgan fingerprint density at radius 1 is 0.848 bits per heavy atom. The summed E-state index contributed by atoms with van der Waals surface area (Å²) in [6, 6.07) is 18.2. The lowest BCUT2D eigenvalue weighted by Crippen LogP contribution is -2.32. The second-order valence-corrected chi connectivity index (χ2v) is 10.3. The summed E-state index contributed by atoms with van der Waals surface area (Å²) in [6.07, 6.45) is 3.35. The SMILES string of the molecule is Cc1cc2c3c(c(C)c(C)cc3c1)-c1c(c3c(ccc4cc(CC(C)C)ccc43)c[n+]1C)O2. The molecule has 0 unspecified atom stereocenters. The van der Waals surface area contributed by atoms with Crippen molar-refractivity contribution in [1.29, 1.82) is 0 Å². The molecular formula is C31H30NO+. The van der Waals surface area contributed by atoms with Crippen LogP contribution in [-0.4, -0.2) is 0 Å². The summed E-state index contributed by atoms with van der Waals surface area (Å²) in [6.45, 7) is 11.2. The molecule has 0 N–H and O–H groups in total. The number of fused-ring (bicyclic) bond motifs is 6. The van der Waals surface area contributed by atoms with E-state index in [9.17, 15) is 0 Å². The fraction of sp³-hybridized carbons (Fsp3) is 0.258. The number of hydrogen-bond donors (Lipinski definition) is 0. The van der Waals surface area contributed by atoms with Crippen molar-refractivity contribution in [1.82, 2.24) is 0 Å². The summed E-state index contributed by atoms with van der Waals surface area (Å²) in [5.74, 6) is 2.59. The molecule has 0 aliphatic carbocycles. The third kappa shape index (κ3) is 2.97. The van der Waals surface area contributed by atoms with E-state index in [2.05, 4.69) is 101 Å². The monoisotopic (exact) mass is 432 g/mol. The first-order chi connectivity index (χ1) is 15.8. The van der Waals surface area contributed by atoms with Gasteiger partial charge in [0.15, 0.2) is 6.20 Å². The van der Waals surface area contributed by atoms with E-state index in [1.54, 1.807) is 0 Å². The third-order valence-corrected chi connectivity index (χ3v) is 7.20. The molecule has 0 fully saturated rings. The highest BCUT2D eigenvalue weighted by atomic mass is 16.5. The molecule has 0 radical (unpaired) electrons. The van der Waals surface area contributed by atoms with Gasteiger partial charge in [-0.1, -0.05) is 50.2 Å². The average Bonchev–Trinajstić information content (AvgIpc) is 2.75. The number of aryl methyl sites for hydroxylation is 3. The van der Waals surface area contributed by atoms with Crippen molar-refractivity contribution in [3.63, 3.8) is 0 Å². The van der Waals surface area contributed by atoms with Crippen LogP contribution >= 0.6 is 0 Å². The molecule has 1 aliphatic rings. The smallest absolute Gasteiger partial charge is 0.257 e. The van der Waals surface area contributed by atoms with E-state index >= 15 is 0 Å². The highest BCUT2D eigenvalue weighted by molar-refractivity contribution is 6.15. The van der Waals surface area contributed by atoms with E-state index in [-0.39, 0.29) is 0 Å². The van der Waals surface area contributed by atoms with Gasteiger partial charge in [-0.2, -0.15) is 4.57 Å². The van der Waals surface area contributed by atoms with Gasteiger partial charge in [-0.25, -0.2) is 0 Å². The highest BCUT2D eigenvalue weighted by Gasteiger charge is 2.32. The van der Waals surface area contributed by atoms with Crippen LogP contribution in [0.25, 0.3) is 43.6 Å². The number of benzene rings is 4. The fourth-order valence-corrected chi connectivity index (χ4v) is 5.67. The lowest BCUT2D eigenvalue weighted by molar-refractivity contribution is -0.659. The Bertz CT molecular complexity index is 1620. The maximum absolute atomic E-state index is 6.80. The molecule has 0 spiro atoms. The molecule has 0 bridgehead atoms. The van der Waals surface area contributed by atoms with Crippen molar-refractivity contribution in [2.24, 2.45) is 13.0 Å². The van der Waals surface area contributed by atoms with Crippen molar-refractivity contribution in [3.8, 4) is 22.8 Å². The lowest BCUT2D eigenvalue weighted by Gasteiger charge is -2.24. The summed E-state index contributed by atoms with van der Waals surface area (Å²) in [4.78, 5) is 0. The van der Waals surface area contributed by atoms with E-state index in [0.717, 1.165) is 17.9 Å². The van der Waals surface area contributed by atoms with Crippen molar-refractivity contribution in [2.75, 3.05) is 0 Å². The number of ether oxygens (including phenoxy) is 1. The van der Waals surface area contributed by atoms with Gasteiger partial charge in [0, 0.05) is 10.8 Å². The normalized spacial score (nSPS) is 12.6. The molecule has 0 saturated heterocycles. The lowest BCUT2D eigenvalue weighted by atomic mass is 9.88. The minimum atomic E-state index is 0.643. The number of nitrogens with zero attached hydrogens (tertiary/aromatic N) is 1. The van der Waals surface area contributed by atoms with Crippen LogP contribution < -0.4 is 9.30 Å². The Kier molecular flexibility index (Phi) is 4.32. The zero-order valence-electron chi connectivity index (χ0n) is 20.3. The molecule has 164 valence electrons. The Morgan fingerprint density at radius 3 is 2.42 bits per heavy atom. The first-order valence-electron chi connectivity index (χ1n) is 11.9. The van der Waals surface area contributed by atoms with Gasteiger partial charge in [0.05, 0.1) is 10.9 Å². The maximum Gasteiger partial charge on any atom is 0.257 e. The minimum Gasteiger partial charge on any atom is -0.449 e. The molecule has 2 nitrogen and oxygen atoms in total. The van der Waals surface area contributed by atoms with Crippen LogP contribution in [0.1, 0.15) is 36.1 Å². The highest BCUT2D eigenvalue weighted by Crippen LogP contribution is 2.50. The van der Waals surface area contributed by atoms with Crippen molar-refractivity contribution < 1.29 is 9.30 Å². The Balaban J connectivity index is 1.75. The average molecular weight is 433 g/mol. The van der Waals surface area contributed by atoms with Gasteiger partial charge in [0.25, 0.3) is 5.69 Å². The molecule has 1 aromatic heterocycles. The van der Waals surface area contributed by atoms with E-state index in [0.29, 0.717) is 5.92 Å². The third-order valence-electron chi connectivity index (χ3n) is 7.20. The van der Waals surface area contributed by atoms with Gasteiger partial charge in [0.1, 0.15) is 12.8 Å². The minimum absolute atomic E-state index is 0.643. The first kappa shape index (κ1) is 20.2. The Morgan fingerprint density at radius 2 is 1.64 bits per heavy atom.